The van der Waals surface area contributed by atoms with E-state index >= 15 is 0 Å². The van der Waals surface area contributed by atoms with E-state index in [0.717, 1.165) is 18.1 Å². The molecular formula is C15H16F3N3O3. The summed E-state index contributed by atoms with van der Waals surface area (Å²) in [5, 5.41) is 15.1. The molecule has 0 spiro atoms. The quantitative estimate of drug-likeness (QED) is 0.889. The summed E-state index contributed by atoms with van der Waals surface area (Å²) in [6, 6.07) is 5.89. The van der Waals surface area contributed by atoms with Crippen LogP contribution in [-0.4, -0.2) is 27.6 Å². The average molecular weight is 343 g/mol. The number of carboxylic acid groups (broad SMARTS) is 1. The standard InChI is InChI=1S/C13H12F3N3O.C2H4O2/c1-8-4-11(20-13(14,15)16)2-3-12(8)9-5-10(6-17)19-18-7-9;1-2(3)4/h2-5,7H,6,17H2,1H3;1H3,(H,3,4). The monoisotopic (exact) mass is 343 g/mol. The number of benzene rings is 1. The molecule has 0 atom stereocenters. The lowest BCUT2D eigenvalue weighted by molar-refractivity contribution is -0.274. The molecule has 1 heterocycles. The van der Waals surface area contributed by atoms with Crippen molar-refractivity contribution in [3.8, 4) is 16.9 Å². The van der Waals surface area contributed by atoms with Crippen LogP contribution in [0, 0.1) is 6.92 Å². The molecule has 1 aromatic heterocycles. The van der Waals surface area contributed by atoms with Crippen LogP contribution in [0.25, 0.3) is 11.1 Å². The molecule has 3 N–H and O–H groups in total. The molecule has 130 valence electrons. The maximum Gasteiger partial charge on any atom is 0.573 e. The fourth-order valence-electron chi connectivity index (χ4n) is 1.82. The lowest BCUT2D eigenvalue weighted by Gasteiger charge is -2.12. The summed E-state index contributed by atoms with van der Waals surface area (Å²) in [6.45, 7) is 3.02. The number of aromatic nitrogens is 2. The van der Waals surface area contributed by atoms with Crippen molar-refractivity contribution in [3.63, 3.8) is 0 Å². The van der Waals surface area contributed by atoms with Crippen LogP contribution in [-0.2, 0) is 11.3 Å². The van der Waals surface area contributed by atoms with Gasteiger partial charge in [0.15, 0.2) is 0 Å². The molecule has 24 heavy (non-hydrogen) atoms. The molecule has 0 unspecified atom stereocenters. The number of hydrogen-bond donors (Lipinski definition) is 2. The normalized spacial score (nSPS) is 10.6. The van der Waals surface area contributed by atoms with Gasteiger partial charge in [-0.2, -0.15) is 10.2 Å². The summed E-state index contributed by atoms with van der Waals surface area (Å²) < 4.78 is 40.3. The number of rotatable bonds is 3. The highest BCUT2D eigenvalue weighted by Gasteiger charge is 2.31. The summed E-state index contributed by atoms with van der Waals surface area (Å²) in [7, 11) is 0. The zero-order chi connectivity index (χ0) is 18.3. The second-order valence-electron chi connectivity index (χ2n) is 4.68. The van der Waals surface area contributed by atoms with Gasteiger partial charge in [-0.05, 0) is 36.2 Å². The third-order valence-corrected chi connectivity index (χ3v) is 2.66. The third-order valence-electron chi connectivity index (χ3n) is 2.66. The SMILES string of the molecule is CC(=O)O.Cc1cc(OC(F)(F)F)ccc1-c1cnnc(CN)c1. The van der Waals surface area contributed by atoms with Gasteiger partial charge in [0, 0.05) is 19.0 Å². The van der Waals surface area contributed by atoms with E-state index in [0.29, 0.717) is 11.3 Å². The van der Waals surface area contributed by atoms with Crippen LogP contribution in [0.1, 0.15) is 18.2 Å². The predicted octanol–water partition coefficient (Wildman–Crippen LogP) is 2.90. The largest absolute Gasteiger partial charge is 0.573 e. The van der Waals surface area contributed by atoms with Crippen LogP contribution < -0.4 is 10.5 Å². The molecule has 1 aromatic carbocycles. The summed E-state index contributed by atoms with van der Waals surface area (Å²) in [4.78, 5) is 9.00. The minimum Gasteiger partial charge on any atom is -0.481 e. The van der Waals surface area contributed by atoms with Crippen molar-refractivity contribution < 1.29 is 27.8 Å². The summed E-state index contributed by atoms with van der Waals surface area (Å²) in [5.74, 6) is -1.08. The number of nitrogens with zero attached hydrogens (tertiary/aromatic N) is 2. The molecule has 0 aliphatic heterocycles. The lowest BCUT2D eigenvalue weighted by Crippen LogP contribution is -2.17. The fraction of sp³-hybridized carbons (Fsp3) is 0.267. The van der Waals surface area contributed by atoms with Crippen molar-refractivity contribution in [2.24, 2.45) is 5.73 Å². The molecule has 0 radical (unpaired) electrons. The Morgan fingerprint density at radius 2 is 1.96 bits per heavy atom. The van der Waals surface area contributed by atoms with Crippen molar-refractivity contribution in [2.45, 2.75) is 26.8 Å². The van der Waals surface area contributed by atoms with E-state index in [4.69, 9.17) is 15.6 Å². The maximum absolute atomic E-state index is 12.1. The van der Waals surface area contributed by atoms with Gasteiger partial charge in [-0.15, -0.1) is 13.2 Å². The minimum absolute atomic E-state index is 0.245. The Morgan fingerprint density at radius 3 is 2.46 bits per heavy atom. The van der Waals surface area contributed by atoms with Gasteiger partial charge < -0.3 is 15.6 Å². The second kappa shape index (κ2) is 8.25. The number of alkyl halides is 3. The van der Waals surface area contributed by atoms with Crippen LogP contribution in [0.15, 0.2) is 30.5 Å². The smallest absolute Gasteiger partial charge is 0.481 e. The number of ether oxygens (including phenoxy) is 1. The first-order valence-electron chi connectivity index (χ1n) is 6.70. The molecule has 2 aromatic rings. The molecule has 0 saturated carbocycles. The lowest BCUT2D eigenvalue weighted by atomic mass is 10.0. The highest BCUT2D eigenvalue weighted by molar-refractivity contribution is 5.67. The highest BCUT2D eigenvalue weighted by Crippen LogP contribution is 2.29. The van der Waals surface area contributed by atoms with Crippen molar-refractivity contribution in [1.29, 1.82) is 0 Å². The van der Waals surface area contributed by atoms with Gasteiger partial charge in [0.05, 0.1) is 11.9 Å². The molecule has 0 aliphatic carbocycles. The number of carbonyl (C=O) groups is 1. The molecule has 6 nitrogen and oxygen atoms in total. The molecule has 2 rings (SSSR count). The van der Waals surface area contributed by atoms with Gasteiger partial charge in [0.25, 0.3) is 5.97 Å². The Kier molecular flexibility index (Phi) is 6.66. The van der Waals surface area contributed by atoms with Crippen molar-refractivity contribution in [1.82, 2.24) is 10.2 Å². The molecule has 0 saturated heterocycles. The number of carboxylic acids is 1. The van der Waals surface area contributed by atoms with Gasteiger partial charge in [-0.3, -0.25) is 4.79 Å². The number of aryl methyl sites for hydroxylation is 1. The molecule has 0 aliphatic rings. The van der Waals surface area contributed by atoms with E-state index in [2.05, 4.69) is 14.9 Å². The van der Waals surface area contributed by atoms with E-state index in [1.165, 1.54) is 18.3 Å². The van der Waals surface area contributed by atoms with Crippen LogP contribution in [0.3, 0.4) is 0 Å². The maximum atomic E-state index is 12.1. The minimum atomic E-state index is -4.70. The van der Waals surface area contributed by atoms with Gasteiger partial charge in [0.1, 0.15) is 5.75 Å². The average Bonchev–Trinajstić information content (AvgIpc) is 2.45. The van der Waals surface area contributed by atoms with Gasteiger partial charge in [0.2, 0.25) is 0 Å². The van der Waals surface area contributed by atoms with E-state index in [-0.39, 0.29) is 12.3 Å². The Morgan fingerprint density at radius 1 is 1.33 bits per heavy atom. The molecule has 9 heteroatoms. The fourth-order valence-corrected chi connectivity index (χ4v) is 1.82. The van der Waals surface area contributed by atoms with E-state index in [9.17, 15) is 13.2 Å². The highest BCUT2D eigenvalue weighted by atomic mass is 19.4. The van der Waals surface area contributed by atoms with E-state index < -0.39 is 12.3 Å². The third kappa shape index (κ3) is 6.61. The Bertz CT molecular complexity index is 702. The van der Waals surface area contributed by atoms with E-state index in [1.54, 1.807) is 19.1 Å². The first kappa shape index (κ1) is 19.4. The zero-order valence-electron chi connectivity index (χ0n) is 13.0. The topological polar surface area (TPSA) is 98.3 Å². The Labute approximate surface area is 136 Å². The summed E-state index contributed by atoms with van der Waals surface area (Å²) in [5.41, 5.74) is 8.23. The summed E-state index contributed by atoms with van der Waals surface area (Å²) in [6.07, 6.45) is -3.16. The van der Waals surface area contributed by atoms with Crippen LogP contribution in [0.2, 0.25) is 0 Å². The second-order valence-corrected chi connectivity index (χ2v) is 4.68. The van der Waals surface area contributed by atoms with Crippen molar-refractivity contribution >= 4 is 5.97 Å². The van der Waals surface area contributed by atoms with Crippen molar-refractivity contribution in [2.75, 3.05) is 0 Å². The number of nitrogens with two attached hydrogens (primary N) is 1. The Balaban J connectivity index is 0.000000648. The van der Waals surface area contributed by atoms with Crippen molar-refractivity contribution in [3.05, 3.63) is 41.7 Å². The molecule has 0 amide bonds. The predicted molar refractivity (Wildman–Crippen MR) is 80.1 cm³/mol. The molecule has 0 fully saturated rings. The van der Waals surface area contributed by atoms with Gasteiger partial charge >= 0.3 is 6.36 Å². The van der Waals surface area contributed by atoms with E-state index in [1.807, 2.05) is 0 Å². The van der Waals surface area contributed by atoms with Crippen LogP contribution in [0.5, 0.6) is 5.75 Å². The molecule has 0 bridgehead atoms. The number of aliphatic carboxylic acids is 1. The first-order valence-corrected chi connectivity index (χ1v) is 6.70. The van der Waals surface area contributed by atoms with Gasteiger partial charge in [-0.25, -0.2) is 0 Å². The zero-order valence-corrected chi connectivity index (χ0v) is 13.0. The Hall–Kier alpha value is -2.68. The van der Waals surface area contributed by atoms with Crippen LogP contribution in [0.4, 0.5) is 13.2 Å². The molecular weight excluding hydrogens is 327 g/mol. The van der Waals surface area contributed by atoms with Crippen LogP contribution >= 0.6 is 0 Å². The van der Waals surface area contributed by atoms with Gasteiger partial charge in [-0.1, -0.05) is 6.07 Å². The number of halogens is 3. The number of hydrogen-bond acceptors (Lipinski definition) is 5. The summed E-state index contributed by atoms with van der Waals surface area (Å²) >= 11 is 0. The first-order chi connectivity index (χ1) is 11.1.